The number of aliphatic carboxylic acids is 1. The van der Waals surface area contributed by atoms with E-state index in [2.05, 4.69) is 25.7 Å². The molecule has 0 amide bonds. The monoisotopic (exact) mass is 415 g/mol. The Kier molecular flexibility index (Phi) is 4.33. The van der Waals surface area contributed by atoms with Crippen LogP contribution in [0.5, 0.6) is 0 Å². The van der Waals surface area contributed by atoms with Crippen LogP contribution in [0.15, 0.2) is 0 Å². The largest absolute Gasteiger partial charge is 0.481 e. The van der Waals surface area contributed by atoms with Crippen molar-refractivity contribution in [3.05, 3.63) is 0 Å². The van der Waals surface area contributed by atoms with Gasteiger partial charge in [0.1, 0.15) is 0 Å². The minimum atomic E-state index is -0.582. The number of rotatable bonds is 6. The summed E-state index contributed by atoms with van der Waals surface area (Å²) in [5, 5.41) is 9.88. The highest BCUT2D eigenvalue weighted by Gasteiger charge is 2.92. The summed E-state index contributed by atoms with van der Waals surface area (Å²) in [7, 11) is -0.0806. The number of fused-ring (bicyclic) bond motifs is 1. The van der Waals surface area contributed by atoms with Gasteiger partial charge in [0.2, 0.25) is 0 Å². The van der Waals surface area contributed by atoms with Gasteiger partial charge in [0.25, 0.3) is 0 Å². The minimum absolute atomic E-state index is 0.0134. The molecule has 30 heavy (non-hydrogen) atoms. The van der Waals surface area contributed by atoms with Crippen molar-refractivity contribution in [2.45, 2.75) is 83.2 Å². The van der Waals surface area contributed by atoms with Crippen LogP contribution in [-0.2, 0) is 14.1 Å². The maximum Gasteiger partial charge on any atom is 0.457 e. The first-order chi connectivity index (χ1) is 14.3. The van der Waals surface area contributed by atoms with Crippen molar-refractivity contribution in [3.63, 3.8) is 0 Å². The van der Waals surface area contributed by atoms with Gasteiger partial charge in [0, 0.05) is 12.5 Å². The Morgan fingerprint density at radius 2 is 1.93 bits per heavy atom. The number of hydrogen-bond acceptors (Lipinski definition) is 4. The van der Waals surface area contributed by atoms with Crippen molar-refractivity contribution in [3.8, 4) is 0 Å². The van der Waals surface area contributed by atoms with E-state index in [4.69, 9.17) is 9.31 Å². The third kappa shape index (κ3) is 2.45. The second-order valence-electron chi connectivity index (χ2n) is 12.3. The Labute approximate surface area is 181 Å². The van der Waals surface area contributed by atoms with Crippen molar-refractivity contribution in [2.24, 2.45) is 40.9 Å². The lowest BCUT2D eigenvalue weighted by Crippen LogP contribution is -2.92. The third-order valence-electron chi connectivity index (χ3n) is 10.7. The smallest absolute Gasteiger partial charge is 0.457 e. The SMILES string of the molecule is CC1(C)[C@H]2C3[C@@H]1C[C@]31OB(CC[C@@H]3CCC(CN4CCCC4)[C@@H](C(=O)O)C3)O[C@]21C. The Balaban J connectivity index is 1.04. The van der Waals surface area contributed by atoms with Gasteiger partial charge in [-0.2, -0.15) is 0 Å². The molecule has 0 aromatic heterocycles. The van der Waals surface area contributed by atoms with Crippen LogP contribution < -0.4 is 0 Å². The maximum atomic E-state index is 12.0. The zero-order valence-corrected chi connectivity index (χ0v) is 18.9. The molecule has 1 spiro atoms. The molecule has 2 saturated heterocycles. The summed E-state index contributed by atoms with van der Waals surface area (Å²) in [5.41, 5.74) is 0.332. The minimum Gasteiger partial charge on any atom is -0.481 e. The van der Waals surface area contributed by atoms with Crippen molar-refractivity contribution in [1.29, 1.82) is 0 Å². The van der Waals surface area contributed by atoms with E-state index >= 15 is 0 Å². The van der Waals surface area contributed by atoms with E-state index in [9.17, 15) is 9.90 Å². The molecule has 6 fully saturated rings. The van der Waals surface area contributed by atoms with Crippen LogP contribution in [-0.4, -0.2) is 53.9 Å². The maximum absolute atomic E-state index is 12.0. The fraction of sp³-hybridized carbons (Fsp3) is 0.958. The molecule has 6 rings (SSSR count). The first-order valence-electron chi connectivity index (χ1n) is 12.6. The quantitative estimate of drug-likeness (QED) is 0.667. The first kappa shape index (κ1) is 20.1. The van der Waals surface area contributed by atoms with E-state index < -0.39 is 5.97 Å². The second-order valence-corrected chi connectivity index (χ2v) is 12.3. The van der Waals surface area contributed by atoms with Crippen LogP contribution in [0.2, 0.25) is 6.32 Å². The number of carboxylic acids is 1. The summed E-state index contributed by atoms with van der Waals surface area (Å²) < 4.78 is 13.2. The van der Waals surface area contributed by atoms with E-state index in [0.29, 0.717) is 23.2 Å². The molecule has 1 N–H and O–H groups in total. The summed E-state index contributed by atoms with van der Waals surface area (Å²) in [5.74, 6) is 2.30. The van der Waals surface area contributed by atoms with Crippen molar-refractivity contribution < 1.29 is 19.2 Å². The molecule has 4 aliphatic carbocycles. The van der Waals surface area contributed by atoms with Gasteiger partial charge in [-0.1, -0.05) is 26.7 Å². The lowest BCUT2D eigenvalue weighted by atomic mass is 9.20. The third-order valence-corrected chi connectivity index (χ3v) is 10.7. The highest BCUT2D eigenvalue weighted by atomic mass is 16.7. The molecule has 8 atom stereocenters. The molecule has 5 nitrogen and oxygen atoms in total. The fourth-order valence-electron chi connectivity index (χ4n) is 9.15. The van der Waals surface area contributed by atoms with Gasteiger partial charge >= 0.3 is 13.1 Å². The molecule has 0 radical (unpaired) electrons. The van der Waals surface area contributed by atoms with Crippen LogP contribution in [0.3, 0.4) is 0 Å². The van der Waals surface area contributed by atoms with Crippen molar-refractivity contribution in [2.75, 3.05) is 19.6 Å². The topological polar surface area (TPSA) is 59.0 Å². The van der Waals surface area contributed by atoms with E-state index in [1.54, 1.807) is 0 Å². The van der Waals surface area contributed by atoms with Crippen LogP contribution >= 0.6 is 0 Å². The number of likely N-dealkylation sites (tertiary alicyclic amines) is 1. The lowest BCUT2D eigenvalue weighted by Gasteiger charge is -2.87. The summed E-state index contributed by atoms with van der Waals surface area (Å²) in [6, 6.07) is 0. The highest BCUT2D eigenvalue weighted by molar-refractivity contribution is 6.45. The summed E-state index contributed by atoms with van der Waals surface area (Å²) >= 11 is 0. The molecule has 6 aliphatic rings. The average molecular weight is 415 g/mol. The molecule has 2 aliphatic heterocycles. The number of carbonyl (C=O) groups is 1. The molecular weight excluding hydrogens is 377 g/mol. The van der Waals surface area contributed by atoms with Gasteiger partial charge in [-0.15, -0.1) is 0 Å². The molecule has 2 heterocycles. The molecule has 166 valence electrons. The van der Waals surface area contributed by atoms with Crippen LogP contribution in [0.1, 0.15) is 65.7 Å². The second kappa shape index (κ2) is 6.48. The van der Waals surface area contributed by atoms with Gasteiger partial charge in [-0.25, -0.2) is 0 Å². The Morgan fingerprint density at radius 3 is 2.63 bits per heavy atom. The zero-order valence-electron chi connectivity index (χ0n) is 18.9. The van der Waals surface area contributed by atoms with Crippen LogP contribution in [0.25, 0.3) is 0 Å². The summed E-state index contributed by atoms with van der Waals surface area (Å²) in [6.07, 6.45) is 8.75. The van der Waals surface area contributed by atoms with Crippen LogP contribution in [0.4, 0.5) is 0 Å². The van der Waals surface area contributed by atoms with E-state index in [-0.39, 0.29) is 24.2 Å². The normalized spacial score (nSPS) is 50.8. The van der Waals surface area contributed by atoms with E-state index in [1.165, 1.54) is 19.3 Å². The van der Waals surface area contributed by atoms with Gasteiger partial charge in [-0.3, -0.25) is 4.79 Å². The van der Waals surface area contributed by atoms with Crippen molar-refractivity contribution in [1.82, 2.24) is 4.90 Å². The summed E-state index contributed by atoms with van der Waals surface area (Å²) in [6.45, 7) is 10.4. The van der Waals surface area contributed by atoms with E-state index in [0.717, 1.165) is 63.5 Å². The Hall–Kier alpha value is -0.585. The summed E-state index contributed by atoms with van der Waals surface area (Å²) in [4.78, 5) is 14.5. The Morgan fingerprint density at radius 1 is 1.17 bits per heavy atom. The predicted molar refractivity (Wildman–Crippen MR) is 115 cm³/mol. The number of nitrogens with zero attached hydrogens (tertiary/aromatic N) is 1. The average Bonchev–Trinajstić information content (AvgIpc) is 3.28. The number of hydrogen-bond donors (Lipinski definition) is 1. The predicted octanol–water partition coefficient (Wildman–Crippen LogP) is 3.93. The first-order valence-corrected chi connectivity index (χ1v) is 12.6. The molecule has 0 bridgehead atoms. The van der Waals surface area contributed by atoms with Crippen LogP contribution in [0, 0.1) is 40.9 Å². The molecule has 2 unspecified atom stereocenters. The molecule has 4 saturated carbocycles. The lowest BCUT2D eigenvalue weighted by molar-refractivity contribution is -0.428. The molecule has 0 aromatic rings. The fourth-order valence-corrected chi connectivity index (χ4v) is 9.15. The molecule has 0 aromatic carbocycles. The van der Waals surface area contributed by atoms with Gasteiger partial charge in [0.05, 0.1) is 17.1 Å². The zero-order chi connectivity index (χ0) is 20.9. The molecular formula is C24H38BNO4. The van der Waals surface area contributed by atoms with E-state index in [1.807, 2.05) is 0 Å². The van der Waals surface area contributed by atoms with Gasteiger partial charge in [0.15, 0.2) is 0 Å². The van der Waals surface area contributed by atoms with Gasteiger partial charge < -0.3 is 19.3 Å². The molecule has 6 heteroatoms. The standard InChI is InChI=1S/C24H38BNO4/c1-22(2)18-13-24-19(18)20(22)23(24,3)29-25(30-24)9-8-15-6-7-16(17(12-15)21(27)28)14-26-10-4-5-11-26/h15-20H,4-14H2,1-3H3,(H,27,28)/t15-,16?,17-,18-,19?,20+,23+,24-/m0/s1. The highest BCUT2D eigenvalue weighted by Crippen LogP contribution is 2.86. The Bertz CT molecular complexity index is 739. The number of carboxylic acid groups (broad SMARTS) is 1. The van der Waals surface area contributed by atoms with Crippen molar-refractivity contribution >= 4 is 13.1 Å². The van der Waals surface area contributed by atoms with Gasteiger partial charge in [-0.05, 0) is 87.5 Å².